The zero-order valence-corrected chi connectivity index (χ0v) is 15.6. The van der Waals surface area contributed by atoms with Crippen molar-refractivity contribution in [3.63, 3.8) is 0 Å². The number of hydrogen-bond donors (Lipinski definition) is 2. The first-order valence-electron chi connectivity index (χ1n) is 7.93. The maximum Gasteiger partial charge on any atom is 0.188 e. The van der Waals surface area contributed by atoms with Crippen LogP contribution in [0.15, 0.2) is 27.7 Å². The van der Waals surface area contributed by atoms with E-state index >= 15 is 0 Å². The predicted molar refractivity (Wildman–Crippen MR) is 99.2 cm³/mol. The first-order chi connectivity index (χ1) is 11.1. The first kappa shape index (κ1) is 18.5. The molecule has 1 saturated heterocycles. The third-order valence-corrected chi connectivity index (χ3v) is 4.74. The van der Waals surface area contributed by atoms with Crippen LogP contribution in [0.5, 0.6) is 0 Å². The highest BCUT2D eigenvalue weighted by molar-refractivity contribution is 9.10. The molecule has 0 bridgehead atoms. The van der Waals surface area contributed by atoms with Crippen LogP contribution < -0.4 is 11.1 Å². The van der Waals surface area contributed by atoms with E-state index in [0.717, 1.165) is 73.8 Å². The molecule has 2 rings (SSSR count). The van der Waals surface area contributed by atoms with E-state index in [-0.39, 0.29) is 0 Å². The van der Waals surface area contributed by atoms with Crippen LogP contribution in [0.1, 0.15) is 12.0 Å². The molecule has 0 amide bonds. The molecule has 3 N–H and O–H groups in total. The van der Waals surface area contributed by atoms with Gasteiger partial charge in [0.05, 0.1) is 13.2 Å². The third kappa shape index (κ3) is 7.08. The van der Waals surface area contributed by atoms with E-state index in [0.29, 0.717) is 5.96 Å². The van der Waals surface area contributed by atoms with E-state index in [4.69, 9.17) is 22.1 Å². The van der Waals surface area contributed by atoms with Crippen molar-refractivity contribution in [3.05, 3.63) is 33.3 Å². The van der Waals surface area contributed by atoms with E-state index in [1.807, 2.05) is 18.2 Å². The Hall–Kier alpha value is -0.820. The fraction of sp³-hybridized carbons (Fsp3) is 0.562. The average Bonchev–Trinajstić information content (AvgIpc) is 2.56. The highest BCUT2D eigenvalue weighted by atomic mass is 79.9. The highest BCUT2D eigenvalue weighted by Crippen LogP contribution is 2.21. The predicted octanol–water partition coefficient (Wildman–Crippen LogP) is 2.27. The number of nitrogens with two attached hydrogens (primary N) is 1. The summed E-state index contributed by atoms with van der Waals surface area (Å²) in [5.41, 5.74) is 7.05. The van der Waals surface area contributed by atoms with Gasteiger partial charge in [-0.3, -0.25) is 9.89 Å². The summed E-state index contributed by atoms with van der Waals surface area (Å²) in [4.78, 5) is 6.77. The highest BCUT2D eigenvalue weighted by Gasteiger charge is 2.08. The van der Waals surface area contributed by atoms with Gasteiger partial charge in [-0.1, -0.05) is 27.5 Å². The van der Waals surface area contributed by atoms with Crippen molar-refractivity contribution in [3.8, 4) is 0 Å². The number of hydrogen-bond acceptors (Lipinski definition) is 3. The molecule has 5 nitrogen and oxygen atoms in total. The van der Waals surface area contributed by atoms with E-state index < -0.39 is 0 Å². The maximum atomic E-state index is 6.01. The second-order valence-electron chi connectivity index (χ2n) is 5.49. The lowest BCUT2D eigenvalue weighted by Gasteiger charge is -2.26. The topological polar surface area (TPSA) is 62.9 Å². The number of nitrogens with zero attached hydrogens (tertiary/aromatic N) is 2. The second-order valence-corrected chi connectivity index (χ2v) is 6.78. The van der Waals surface area contributed by atoms with Crippen molar-refractivity contribution in [2.75, 3.05) is 45.9 Å². The molecule has 1 aromatic carbocycles. The summed E-state index contributed by atoms with van der Waals surface area (Å²) < 4.78 is 6.39. The van der Waals surface area contributed by atoms with Crippen LogP contribution in [0.25, 0.3) is 0 Å². The number of aliphatic imine (C=N–C) groups is 1. The number of benzene rings is 1. The van der Waals surface area contributed by atoms with Crippen LogP contribution in [-0.4, -0.2) is 56.8 Å². The van der Waals surface area contributed by atoms with Gasteiger partial charge in [-0.25, -0.2) is 0 Å². The molecule has 1 aliphatic heterocycles. The van der Waals surface area contributed by atoms with Gasteiger partial charge < -0.3 is 15.8 Å². The number of nitrogens with one attached hydrogen (secondary N) is 1. The van der Waals surface area contributed by atoms with Crippen molar-refractivity contribution >= 4 is 33.5 Å². The van der Waals surface area contributed by atoms with E-state index in [1.54, 1.807) is 0 Å². The molecule has 1 aliphatic rings. The molecule has 7 heteroatoms. The number of halogens is 2. The molecule has 0 atom stereocenters. The lowest BCUT2D eigenvalue weighted by Crippen LogP contribution is -2.37. The molecule has 0 spiro atoms. The molecular formula is C16H24BrClN4O. The van der Waals surface area contributed by atoms with Crippen LogP contribution >= 0.6 is 27.5 Å². The van der Waals surface area contributed by atoms with Gasteiger partial charge in [0.25, 0.3) is 0 Å². The van der Waals surface area contributed by atoms with Crippen LogP contribution in [0, 0.1) is 0 Å². The molecular weight excluding hydrogens is 380 g/mol. The third-order valence-electron chi connectivity index (χ3n) is 3.73. The van der Waals surface area contributed by atoms with Gasteiger partial charge in [-0.2, -0.15) is 0 Å². The Morgan fingerprint density at radius 2 is 2.17 bits per heavy atom. The summed E-state index contributed by atoms with van der Waals surface area (Å²) in [6.45, 7) is 6.25. The molecule has 128 valence electrons. The van der Waals surface area contributed by atoms with Gasteiger partial charge in [-0.15, -0.1) is 0 Å². The van der Waals surface area contributed by atoms with Crippen LogP contribution in [0.4, 0.5) is 0 Å². The summed E-state index contributed by atoms with van der Waals surface area (Å²) in [6, 6.07) is 5.79. The first-order valence-corrected chi connectivity index (χ1v) is 9.10. The summed E-state index contributed by atoms with van der Waals surface area (Å²) in [6.07, 6.45) is 1.85. The Morgan fingerprint density at radius 1 is 1.39 bits per heavy atom. The lowest BCUT2D eigenvalue weighted by atomic mass is 10.1. The SMILES string of the molecule is NC(=NCCCN1CCOCC1)NCCc1cc(Cl)ccc1Br. The van der Waals surface area contributed by atoms with Crippen molar-refractivity contribution in [1.29, 1.82) is 0 Å². The zero-order chi connectivity index (χ0) is 16.5. The minimum absolute atomic E-state index is 0.505. The number of guanidine groups is 1. The van der Waals surface area contributed by atoms with E-state index in [2.05, 4.69) is 31.1 Å². The van der Waals surface area contributed by atoms with Gasteiger partial charge in [0.1, 0.15) is 0 Å². The summed E-state index contributed by atoms with van der Waals surface area (Å²) in [5, 5.41) is 3.89. The lowest BCUT2D eigenvalue weighted by molar-refractivity contribution is 0.0377. The van der Waals surface area contributed by atoms with Gasteiger partial charge in [0.2, 0.25) is 0 Å². The summed E-state index contributed by atoms with van der Waals surface area (Å²) >= 11 is 9.53. The fourth-order valence-electron chi connectivity index (χ4n) is 2.43. The monoisotopic (exact) mass is 402 g/mol. The van der Waals surface area contributed by atoms with Crippen molar-refractivity contribution in [2.24, 2.45) is 10.7 Å². The second kappa shape index (κ2) is 10.1. The molecule has 0 aromatic heterocycles. The van der Waals surface area contributed by atoms with Gasteiger partial charge in [-0.05, 0) is 36.6 Å². The fourth-order valence-corrected chi connectivity index (χ4v) is 3.07. The number of ether oxygens (including phenoxy) is 1. The quantitative estimate of drug-likeness (QED) is 0.416. The number of rotatable bonds is 7. The minimum atomic E-state index is 0.505. The Kier molecular flexibility index (Phi) is 8.16. The molecule has 0 radical (unpaired) electrons. The normalized spacial score (nSPS) is 16.5. The largest absolute Gasteiger partial charge is 0.379 e. The summed E-state index contributed by atoms with van der Waals surface area (Å²) in [7, 11) is 0. The Bertz CT molecular complexity index is 521. The van der Waals surface area contributed by atoms with Crippen LogP contribution in [0.2, 0.25) is 5.02 Å². The van der Waals surface area contributed by atoms with E-state index in [9.17, 15) is 0 Å². The Morgan fingerprint density at radius 3 is 2.96 bits per heavy atom. The standard InChI is InChI=1S/C16H24BrClN4O/c17-15-3-2-14(18)12-13(15)4-6-21-16(19)20-5-1-7-22-8-10-23-11-9-22/h2-3,12H,1,4-11H2,(H3,19,20,21). The molecule has 1 fully saturated rings. The molecule has 1 heterocycles. The van der Waals surface area contributed by atoms with Crippen molar-refractivity contribution in [1.82, 2.24) is 10.2 Å². The number of morpholine rings is 1. The molecule has 0 saturated carbocycles. The van der Waals surface area contributed by atoms with Crippen LogP contribution in [-0.2, 0) is 11.2 Å². The average molecular weight is 404 g/mol. The molecule has 0 unspecified atom stereocenters. The maximum absolute atomic E-state index is 6.01. The van der Waals surface area contributed by atoms with E-state index in [1.165, 1.54) is 0 Å². The summed E-state index contributed by atoms with van der Waals surface area (Å²) in [5.74, 6) is 0.505. The van der Waals surface area contributed by atoms with Gasteiger partial charge in [0, 0.05) is 42.2 Å². The molecule has 23 heavy (non-hydrogen) atoms. The molecule has 0 aliphatic carbocycles. The van der Waals surface area contributed by atoms with Crippen LogP contribution in [0.3, 0.4) is 0 Å². The van der Waals surface area contributed by atoms with Gasteiger partial charge in [0.15, 0.2) is 5.96 Å². The van der Waals surface area contributed by atoms with Crippen molar-refractivity contribution < 1.29 is 4.74 Å². The Labute approximate surface area is 151 Å². The van der Waals surface area contributed by atoms with Gasteiger partial charge >= 0.3 is 0 Å². The molecule has 1 aromatic rings. The van der Waals surface area contributed by atoms with Crippen molar-refractivity contribution in [2.45, 2.75) is 12.8 Å². The zero-order valence-electron chi connectivity index (χ0n) is 13.2. The minimum Gasteiger partial charge on any atom is -0.379 e. The smallest absolute Gasteiger partial charge is 0.188 e. The Balaban J connectivity index is 1.61.